The molecule has 0 aliphatic carbocycles. The highest BCUT2D eigenvalue weighted by atomic mass is 32.2. The van der Waals surface area contributed by atoms with Crippen LogP contribution >= 0.6 is 12.2 Å². The lowest BCUT2D eigenvalue weighted by Gasteiger charge is -2.22. The van der Waals surface area contributed by atoms with E-state index in [-0.39, 0.29) is 15.9 Å². The van der Waals surface area contributed by atoms with Crippen LogP contribution in [0, 0.1) is 0 Å². The average Bonchev–Trinajstić information content (AvgIpc) is 2.93. The number of nitrogens with one attached hydrogen (secondary N) is 1. The maximum Gasteiger partial charge on any atom is 0.242 e. The summed E-state index contributed by atoms with van der Waals surface area (Å²) in [7, 11) is -3.55. The summed E-state index contributed by atoms with van der Waals surface area (Å²) in [6, 6.07) is 3.26. The van der Waals surface area contributed by atoms with Crippen molar-refractivity contribution in [2.45, 2.75) is 30.7 Å². The molecule has 1 aliphatic rings. The Bertz CT molecular complexity index is 601. The number of nitrogens with zero attached hydrogens (tertiary/aromatic N) is 2. The molecule has 1 atom stereocenters. The van der Waals surface area contributed by atoms with Gasteiger partial charge in [-0.05, 0) is 38.1 Å². The zero-order chi connectivity index (χ0) is 15.5. The van der Waals surface area contributed by atoms with Crippen LogP contribution in [0.2, 0.25) is 0 Å². The molecule has 1 fully saturated rings. The van der Waals surface area contributed by atoms with Gasteiger partial charge in [0.25, 0.3) is 0 Å². The zero-order valence-corrected chi connectivity index (χ0v) is 13.6. The lowest BCUT2D eigenvalue weighted by molar-refractivity contribution is 0.268. The quantitative estimate of drug-likeness (QED) is 0.739. The van der Waals surface area contributed by atoms with E-state index < -0.39 is 10.0 Å². The molecule has 0 amide bonds. The van der Waals surface area contributed by atoms with Crippen molar-refractivity contribution >= 4 is 27.2 Å². The molecule has 2 rings (SSSR count). The lowest BCUT2D eigenvalue weighted by Crippen LogP contribution is -2.40. The van der Waals surface area contributed by atoms with Gasteiger partial charge in [-0.2, -0.15) is 0 Å². The van der Waals surface area contributed by atoms with Crippen molar-refractivity contribution in [2.24, 2.45) is 5.73 Å². The number of aromatic nitrogens is 1. The number of hydrogen-bond donors (Lipinski definition) is 2. The molecule has 1 aliphatic heterocycles. The van der Waals surface area contributed by atoms with E-state index in [4.69, 9.17) is 18.0 Å². The van der Waals surface area contributed by atoms with Gasteiger partial charge in [0, 0.05) is 18.8 Å². The van der Waals surface area contributed by atoms with Crippen molar-refractivity contribution in [3.05, 3.63) is 24.0 Å². The number of hydrogen-bond acceptors (Lipinski definition) is 5. The smallest absolute Gasteiger partial charge is 0.242 e. The van der Waals surface area contributed by atoms with Gasteiger partial charge in [-0.3, -0.25) is 9.88 Å². The van der Waals surface area contributed by atoms with Gasteiger partial charge in [-0.25, -0.2) is 13.1 Å². The second kappa shape index (κ2) is 6.78. The van der Waals surface area contributed by atoms with Crippen molar-refractivity contribution in [1.82, 2.24) is 14.6 Å². The summed E-state index contributed by atoms with van der Waals surface area (Å²) in [6.07, 6.45) is 3.42. The molecule has 0 radical (unpaired) electrons. The molecule has 21 heavy (non-hydrogen) atoms. The second-order valence-electron chi connectivity index (χ2n) is 5.02. The highest BCUT2D eigenvalue weighted by molar-refractivity contribution is 7.89. The van der Waals surface area contributed by atoms with Gasteiger partial charge in [0.1, 0.15) is 9.88 Å². The van der Waals surface area contributed by atoms with E-state index in [0.29, 0.717) is 12.2 Å². The van der Waals surface area contributed by atoms with Gasteiger partial charge in [-0.1, -0.05) is 19.1 Å². The van der Waals surface area contributed by atoms with Crippen LogP contribution in [0.25, 0.3) is 0 Å². The van der Waals surface area contributed by atoms with E-state index in [2.05, 4.69) is 21.5 Å². The van der Waals surface area contributed by atoms with E-state index >= 15 is 0 Å². The fraction of sp³-hybridized carbons (Fsp3) is 0.538. The predicted molar refractivity (Wildman–Crippen MR) is 85.6 cm³/mol. The minimum absolute atomic E-state index is 0.128. The fourth-order valence-corrected chi connectivity index (χ4v) is 3.65. The number of nitrogens with two attached hydrogens (primary N) is 1. The zero-order valence-electron chi connectivity index (χ0n) is 11.9. The molecule has 1 saturated heterocycles. The monoisotopic (exact) mass is 328 g/mol. The van der Waals surface area contributed by atoms with Crippen molar-refractivity contribution < 1.29 is 8.42 Å². The summed E-state index contributed by atoms with van der Waals surface area (Å²) >= 11 is 4.79. The molecular weight excluding hydrogens is 308 g/mol. The summed E-state index contributed by atoms with van der Waals surface area (Å²) in [5.74, 6) is 0. The third-order valence-corrected chi connectivity index (χ3v) is 5.33. The third-order valence-electron chi connectivity index (χ3n) is 3.71. The summed E-state index contributed by atoms with van der Waals surface area (Å²) in [5.41, 5.74) is 5.86. The summed E-state index contributed by atoms with van der Waals surface area (Å²) < 4.78 is 27.1. The maximum absolute atomic E-state index is 12.2. The first-order chi connectivity index (χ1) is 9.94. The molecule has 116 valence electrons. The van der Waals surface area contributed by atoms with Gasteiger partial charge in [0.2, 0.25) is 10.0 Å². The van der Waals surface area contributed by atoms with Crippen molar-refractivity contribution in [1.29, 1.82) is 0 Å². The van der Waals surface area contributed by atoms with Crippen LogP contribution in [0.5, 0.6) is 0 Å². The molecule has 0 saturated carbocycles. The first-order valence-corrected chi connectivity index (χ1v) is 8.82. The van der Waals surface area contributed by atoms with E-state index in [1.165, 1.54) is 18.3 Å². The standard InChI is InChI=1S/C13H20N4O2S2/c1-2-17-7-3-4-10(17)8-16-21(18,19)11-5-6-12(13(14)20)15-9-11/h5-6,9-10,16H,2-4,7-8H2,1H3,(H2,14,20). The van der Waals surface area contributed by atoms with Gasteiger partial charge < -0.3 is 5.73 Å². The summed E-state index contributed by atoms with van der Waals surface area (Å²) in [6.45, 7) is 4.49. The van der Waals surface area contributed by atoms with Crippen molar-refractivity contribution in [2.75, 3.05) is 19.6 Å². The Morgan fingerprint density at radius 1 is 1.57 bits per heavy atom. The molecule has 3 N–H and O–H groups in total. The Balaban J connectivity index is 2.02. The van der Waals surface area contributed by atoms with Gasteiger partial charge in [-0.15, -0.1) is 0 Å². The Morgan fingerprint density at radius 2 is 2.33 bits per heavy atom. The molecule has 8 heteroatoms. The Kier molecular flexibility index (Phi) is 5.26. The predicted octanol–water partition coefficient (Wildman–Crippen LogP) is 0.478. The molecule has 1 aromatic rings. The average molecular weight is 328 g/mol. The molecule has 0 spiro atoms. The highest BCUT2D eigenvalue weighted by Crippen LogP contribution is 2.16. The Morgan fingerprint density at radius 3 is 2.90 bits per heavy atom. The van der Waals surface area contributed by atoms with Gasteiger partial charge >= 0.3 is 0 Å². The minimum Gasteiger partial charge on any atom is -0.388 e. The Labute approximate surface area is 130 Å². The number of thiocarbonyl (C=S) groups is 1. The summed E-state index contributed by atoms with van der Waals surface area (Å²) in [4.78, 5) is 6.53. The molecular formula is C13H20N4O2S2. The molecule has 0 bridgehead atoms. The number of likely N-dealkylation sites (tertiary alicyclic amines) is 1. The van der Waals surface area contributed by atoms with Crippen molar-refractivity contribution in [3.63, 3.8) is 0 Å². The van der Waals surface area contributed by atoms with E-state index in [0.717, 1.165) is 25.9 Å². The second-order valence-corrected chi connectivity index (χ2v) is 7.23. The number of sulfonamides is 1. The van der Waals surface area contributed by atoms with Gasteiger partial charge in [0.05, 0.1) is 5.69 Å². The van der Waals surface area contributed by atoms with Crippen molar-refractivity contribution in [3.8, 4) is 0 Å². The van der Waals surface area contributed by atoms with E-state index in [1.807, 2.05) is 0 Å². The fourth-order valence-electron chi connectivity index (χ4n) is 2.52. The number of rotatable bonds is 6. The molecule has 1 aromatic heterocycles. The molecule has 2 heterocycles. The van der Waals surface area contributed by atoms with Crippen LogP contribution in [0.15, 0.2) is 23.2 Å². The largest absolute Gasteiger partial charge is 0.388 e. The minimum atomic E-state index is -3.55. The van der Waals surface area contributed by atoms with Gasteiger partial charge in [0.15, 0.2) is 0 Å². The third kappa shape index (κ3) is 3.97. The lowest BCUT2D eigenvalue weighted by atomic mass is 10.2. The van der Waals surface area contributed by atoms with E-state index in [9.17, 15) is 8.42 Å². The highest BCUT2D eigenvalue weighted by Gasteiger charge is 2.25. The van der Waals surface area contributed by atoms with E-state index in [1.54, 1.807) is 0 Å². The van der Waals surface area contributed by atoms with Crippen LogP contribution in [0.3, 0.4) is 0 Å². The topological polar surface area (TPSA) is 88.3 Å². The first-order valence-electron chi connectivity index (χ1n) is 6.93. The summed E-state index contributed by atoms with van der Waals surface area (Å²) in [5, 5.41) is 0. The van der Waals surface area contributed by atoms with Crippen LogP contribution in [-0.2, 0) is 10.0 Å². The van der Waals surface area contributed by atoms with Crippen LogP contribution in [-0.4, -0.2) is 49.0 Å². The molecule has 6 nitrogen and oxygen atoms in total. The number of pyridine rings is 1. The number of likely N-dealkylation sites (N-methyl/N-ethyl adjacent to an activating group) is 1. The molecule has 0 aromatic carbocycles. The van der Waals surface area contributed by atoms with Crippen LogP contribution in [0.1, 0.15) is 25.5 Å². The molecule has 1 unspecified atom stereocenters. The SMILES string of the molecule is CCN1CCCC1CNS(=O)(=O)c1ccc(C(N)=S)nc1. The van der Waals surface area contributed by atoms with Crippen LogP contribution in [0.4, 0.5) is 0 Å². The first kappa shape index (κ1) is 16.3. The Hall–Kier alpha value is -1.09. The normalized spacial score (nSPS) is 19.8. The maximum atomic E-state index is 12.2. The van der Waals surface area contributed by atoms with Crippen LogP contribution < -0.4 is 10.5 Å².